The fraction of sp³-hybridized carbons (Fsp3) is 0.176. The summed E-state index contributed by atoms with van der Waals surface area (Å²) in [6, 6.07) is 15.8. The van der Waals surface area contributed by atoms with E-state index in [0.29, 0.717) is 6.54 Å². The van der Waals surface area contributed by atoms with Gasteiger partial charge >= 0.3 is 0 Å². The van der Waals surface area contributed by atoms with Crippen LogP contribution in [-0.4, -0.2) is 20.3 Å². The number of hydrogen-bond acceptors (Lipinski definition) is 2. The van der Waals surface area contributed by atoms with Crippen LogP contribution in [0.1, 0.15) is 11.1 Å². The molecule has 0 atom stereocenters. The highest BCUT2D eigenvalue weighted by Crippen LogP contribution is 2.15. The summed E-state index contributed by atoms with van der Waals surface area (Å²) < 4.78 is 17.2. The maximum absolute atomic E-state index is 12.0. The van der Waals surface area contributed by atoms with E-state index >= 15 is 0 Å². The van der Waals surface area contributed by atoms with Crippen LogP contribution in [0.25, 0.3) is 12.2 Å². The molecule has 0 unspecified atom stereocenters. The highest BCUT2D eigenvalue weighted by molar-refractivity contribution is 5.70. The van der Waals surface area contributed by atoms with Crippen LogP contribution in [0.5, 0.6) is 5.75 Å². The summed E-state index contributed by atoms with van der Waals surface area (Å²) in [4.78, 5) is 0. The first-order valence-electron chi connectivity index (χ1n) is 6.54. The second kappa shape index (κ2) is 7.34. The molecule has 0 spiro atoms. The van der Waals surface area contributed by atoms with Gasteiger partial charge in [-0.3, -0.25) is 0 Å². The second-order valence-corrected chi connectivity index (χ2v) is 4.34. The van der Waals surface area contributed by atoms with E-state index < -0.39 is 0 Å². The highest BCUT2D eigenvalue weighted by atomic mass is 19.1. The van der Waals surface area contributed by atoms with Crippen LogP contribution in [0, 0.1) is 0 Å². The molecule has 0 aromatic heterocycles. The predicted molar refractivity (Wildman–Crippen MR) is 82.8 cm³/mol. The minimum atomic E-state index is -0.362. The Bertz CT molecular complexity index is 546. The topological polar surface area (TPSA) is 21.3 Å². The maximum Gasteiger partial charge on any atom is 0.118 e. The average Bonchev–Trinajstić information content (AvgIpc) is 2.52. The summed E-state index contributed by atoms with van der Waals surface area (Å²) in [5.74, 6) is 0.852. The van der Waals surface area contributed by atoms with Crippen molar-refractivity contribution >= 4 is 17.8 Å². The smallest absolute Gasteiger partial charge is 0.118 e. The van der Waals surface area contributed by atoms with Crippen LogP contribution in [0.3, 0.4) is 0 Å². The van der Waals surface area contributed by atoms with Gasteiger partial charge < -0.3 is 10.1 Å². The van der Waals surface area contributed by atoms with Crippen LogP contribution in [0.15, 0.2) is 48.5 Å². The third-order valence-corrected chi connectivity index (χ3v) is 2.92. The van der Waals surface area contributed by atoms with Crippen LogP contribution in [0.4, 0.5) is 10.1 Å². The van der Waals surface area contributed by atoms with Gasteiger partial charge in [-0.1, -0.05) is 36.4 Å². The van der Waals surface area contributed by atoms with Gasteiger partial charge in [0.1, 0.15) is 12.4 Å². The molecule has 0 aliphatic heterocycles. The second-order valence-electron chi connectivity index (χ2n) is 4.34. The van der Waals surface area contributed by atoms with Gasteiger partial charge in [-0.25, -0.2) is 4.39 Å². The molecule has 0 aliphatic carbocycles. The molecule has 2 rings (SSSR count). The zero-order chi connectivity index (χ0) is 14.2. The molecule has 3 heteroatoms. The molecule has 0 amide bonds. The molecule has 0 fully saturated rings. The molecule has 2 nitrogen and oxygen atoms in total. The third kappa shape index (κ3) is 4.12. The molecular weight excluding hydrogens is 253 g/mol. The molecule has 0 bridgehead atoms. The lowest BCUT2D eigenvalue weighted by Gasteiger charge is -2.03. The summed E-state index contributed by atoms with van der Waals surface area (Å²) >= 11 is 0. The van der Waals surface area contributed by atoms with Crippen LogP contribution < -0.4 is 10.1 Å². The molecular formula is C17H18FNO. The Morgan fingerprint density at radius 1 is 0.950 bits per heavy atom. The molecule has 0 radical (unpaired) electrons. The van der Waals surface area contributed by atoms with Crippen molar-refractivity contribution in [1.29, 1.82) is 0 Å². The van der Waals surface area contributed by atoms with Crippen LogP contribution in [0.2, 0.25) is 0 Å². The molecule has 0 saturated heterocycles. The third-order valence-electron chi connectivity index (χ3n) is 2.92. The lowest BCUT2D eigenvalue weighted by atomic mass is 10.1. The van der Waals surface area contributed by atoms with Crippen molar-refractivity contribution in [3.8, 4) is 5.75 Å². The van der Waals surface area contributed by atoms with Gasteiger partial charge in [0.05, 0.1) is 7.11 Å². The van der Waals surface area contributed by atoms with Gasteiger partial charge in [-0.15, -0.1) is 0 Å². The van der Waals surface area contributed by atoms with Gasteiger partial charge in [-0.2, -0.15) is 0 Å². The lowest BCUT2D eigenvalue weighted by Crippen LogP contribution is -2.02. The van der Waals surface area contributed by atoms with Gasteiger partial charge in [0.15, 0.2) is 0 Å². The zero-order valence-corrected chi connectivity index (χ0v) is 11.5. The molecule has 20 heavy (non-hydrogen) atoms. The predicted octanol–water partition coefficient (Wildman–Crippen LogP) is 4.25. The molecule has 0 heterocycles. The summed E-state index contributed by atoms with van der Waals surface area (Å²) in [6.45, 7) is -0.0137. The van der Waals surface area contributed by atoms with Crippen molar-refractivity contribution < 1.29 is 9.13 Å². The molecule has 104 valence electrons. The zero-order valence-electron chi connectivity index (χ0n) is 11.5. The first-order chi connectivity index (χ1) is 9.81. The number of hydrogen-bond donors (Lipinski definition) is 1. The van der Waals surface area contributed by atoms with Crippen molar-refractivity contribution in [1.82, 2.24) is 0 Å². The summed E-state index contributed by atoms with van der Waals surface area (Å²) in [5.41, 5.74) is 3.15. The normalized spacial score (nSPS) is 10.7. The number of benzene rings is 2. The minimum Gasteiger partial charge on any atom is -0.497 e. The Balaban J connectivity index is 1.99. The van der Waals surface area contributed by atoms with Gasteiger partial charge in [-0.05, 0) is 35.4 Å². The van der Waals surface area contributed by atoms with Gasteiger partial charge in [0, 0.05) is 12.2 Å². The highest BCUT2D eigenvalue weighted by Gasteiger charge is 1.93. The van der Waals surface area contributed by atoms with Crippen LogP contribution in [-0.2, 0) is 0 Å². The van der Waals surface area contributed by atoms with E-state index in [0.717, 1.165) is 22.6 Å². The number of ether oxygens (including phenoxy) is 1. The Morgan fingerprint density at radius 3 is 2.00 bits per heavy atom. The Morgan fingerprint density at radius 2 is 1.50 bits per heavy atom. The van der Waals surface area contributed by atoms with Crippen LogP contribution >= 0.6 is 0 Å². The molecule has 2 aromatic rings. The summed E-state index contributed by atoms with van der Waals surface area (Å²) in [7, 11) is 1.66. The summed E-state index contributed by atoms with van der Waals surface area (Å²) in [5, 5.41) is 2.99. The number of methoxy groups -OCH3 is 1. The number of rotatable bonds is 6. The fourth-order valence-corrected chi connectivity index (χ4v) is 1.81. The number of anilines is 1. The van der Waals surface area contributed by atoms with E-state index in [1.165, 1.54) is 0 Å². The number of halogens is 1. The van der Waals surface area contributed by atoms with Gasteiger partial charge in [0.25, 0.3) is 0 Å². The van der Waals surface area contributed by atoms with Crippen molar-refractivity contribution in [2.45, 2.75) is 0 Å². The van der Waals surface area contributed by atoms with E-state index in [-0.39, 0.29) is 6.67 Å². The average molecular weight is 271 g/mol. The van der Waals surface area contributed by atoms with Crippen molar-refractivity contribution in [2.75, 3.05) is 25.6 Å². The van der Waals surface area contributed by atoms with E-state index in [9.17, 15) is 4.39 Å². The molecule has 0 saturated carbocycles. The van der Waals surface area contributed by atoms with E-state index in [4.69, 9.17) is 4.74 Å². The largest absolute Gasteiger partial charge is 0.497 e. The summed E-state index contributed by atoms with van der Waals surface area (Å²) in [6.07, 6.45) is 4.09. The maximum atomic E-state index is 12.0. The van der Waals surface area contributed by atoms with Crippen molar-refractivity contribution in [3.63, 3.8) is 0 Å². The first-order valence-corrected chi connectivity index (χ1v) is 6.54. The van der Waals surface area contributed by atoms with E-state index in [2.05, 4.69) is 5.32 Å². The SMILES string of the molecule is COc1ccc(/C=C/c2ccc(NCCF)cc2)cc1. The molecule has 1 N–H and O–H groups in total. The first kappa shape index (κ1) is 14.1. The Labute approximate surface area is 118 Å². The number of alkyl halides is 1. The van der Waals surface area contributed by atoms with Gasteiger partial charge in [0.2, 0.25) is 0 Å². The molecule has 0 aliphatic rings. The quantitative estimate of drug-likeness (QED) is 0.793. The number of nitrogens with one attached hydrogen (secondary N) is 1. The minimum absolute atomic E-state index is 0.348. The lowest BCUT2D eigenvalue weighted by molar-refractivity contribution is 0.415. The van der Waals surface area contributed by atoms with Crippen molar-refractivity contribution in [3.05, 3.63) is 59.7 Å². The fourth-order valence-electron chi connectivity index (χ4n) is 1.81. The monoisotopic (exact) mass is 271 g/mol. The molecule has 2 aromatic carbocycles. The Hall–Kier alpha value is -2.29. The Kier molecular flexibility index (Phi) is 5.18. The van der Waals surface area contributed by atoms with E-state index in [1.54, 1.807) is 7.11 Å². The van der Waals surface area contributed by atoms with E-state index in [1.807, 2.05) is 60.7 Å². The van der Waals surface area contributed by atoms with Crippen molar-refractivity contribution in [2.24, 2.45) is 0 Å². The standard InChI is InChI=1S/C17H18FNO/c1-20-17-10-6-15(7-11-17)3-2-14-4-8-16(9-5-14)19-13-12-18/h2-11,19H,12-13H2,1H3/b3-2+.